The number of hydrogen-bond donors (Lipinski definition) is 1. The monoisotopic (exact) mass is 303 g/mol. The number of aromatic nitrogens is 2. The van der Waals surface area contributed by atoms with Crippen molar-refractivity contribution in [1.82, 2.24) is 14.9 Å². The van der Waals surface area contributed by atoms with Gasteiger partial charge in [0.15, 0.2) is 5.82 Å². The lowest BCUT2D eigenvalue weighted by atomic mass is 10.1. The molecule has 1 fully saturated rings. The van der Waals surface area contributed by atoms with E-state index in [4.69, 9.17) is 21.7 Å². The molecule has 4 nitrogen and oxygen atoms in total. The second-order valence-corrected chi connectivity index (χ2v) is 5.67. The van der Waals surface area contributed by atoms with Crippen LogP contribution in [0.25, 0.3) is 11.4 Å². The van der Waals surface area contributed by atoms with Crippen molar-refractivity contribution in [3.8, 4) is 11.4 Å². The van der Waals surface area contributed by atoms with Crippen LogP contribution >= 0.6 is 11.6 Å². The maximum Gasteiger partial charge on any atom is 0.159 e. The fraction of sp³-hybridized carbons (Fsp3) is 0.375. The van der Waals surface area contributed by atoms with E-state index in [1.165, 1.54) is 0 Å². The Balaban J connectivity index is 1.89. The van der Waals surface area contributed by atoms with Gasteiger partial charge in [0, 0.05) is 23.3 Å². The third kappa shape index (κ3) is 3.23. The molecule has 0 unspecified atom stereocenters. The maximum atomic E-state index is 9.17. The fourth-order valence-corrected chi connectivity index (χ4v) is 3.07. The SMILES string of the molecule is OCCN1CCC[C@@H]1c1ccnc(-c2cccc(Cl)c2)n1. The lowest BCUT2D eigenvalue weighted by molar-refractivity contribution is 0.183. The summed E-state index contributed by atoms with van der Waals surface area (Å²) in [6, 6.07) is 9.83. The third-order valence-corrected chi connectivity index (χ3v) is 4.09. The molecule has 0 aliphatic carbocycles. The van der Waals surface area contributed by atoms with E-state index in [1.807, 2.05) is 30.3 Å². The number of likely N-dealkylation sites (tertiary alicyclic amines) is 1. The maximum absolute atomic E-state index is 9.17. The Hall–Kier alpha value is -1.49. The first-order valence-corrected chi connectivity index (χ1v) is 7.59. The van der Waals surface area contributed by atoms with Gasteiger partial charge in [-0.2, -0.15) is 0 Å². The second-order valence-electron chi connectivity index (χ2n) is 5.23. The summed E-state index contributed by atoms with van der Waals surface area (Å²) in [5.41, 5.74) is 1.95. The lowest BCUT2D eigenvalue weighted by Gasteiger charge is -2.23. The van der Waals surface area contributed by atoms with E-state index < -0.39 is 0 Å². The largest absolute Gasteiger partial charge is 0.395 e. The molecular formula is C16H18ClN3O. The Morgan fingerprint density at radius 1 is 1.33 bits per heavy atom. The van der Waals surface area contributed by atoms with Crippen molar-refractivity contribution in [2.75, 3.05) is 19.7 Å². The average molecular weight is 304 g/mol. The first-order valence-electron chi connectivity index (χ1n) is 7.22. The van der Waals surface area contributed by atoms with Crippen LogP contribution in [0.2, 0.25) is 5.02 Å². The molecule has 110 valence electrons. The van der Waals surface area contributed by atoms with Crippen LogP contribution < -0.4 is 0 Å². The lowest BCUT2D eigenvalue weighted by Crippen LogP contribution is -2.27. The summed E-state index contributed by atoms with van der Waals surface area (Å²) in [5, 5.41) is 9.85. The molecule has 1 aliphatic heterocycles. The highest BCUT2D eigenvalue weighted by Crippen LogP contribution is 2.31. The van der Waals surface area contributed by atoms with Gasteiger partial charge < -0.3 is 5.11 Å². The Bertz CT molecular complexity index is 620. The van der Waals surface area contributed by atoms with Gasteiger partial charge in [-0.1, -0.05) is 23.7 Å². The fourth-order valence-electron chi connectivity index (χ4n) is 2.88. The molecule has 0 radical (unpaired) electrons. The van der Waals surface area contributed by atoms with Crippen molar-refractivity contribution < 1.29 is 5.11 Å². The van der Waals surface area contributed by atoms with Gasteiger partial charge in [-0.25, -0.2) is 9.97 Å². The molecule has 3 rings (SSSR count). The molecule has 0 spiro atoms. The van der Waals surface area contributed by atoms with Crippen LogP contribution in [-0.2, 0) is 0 Å². The number of hydrogen-bond acceptors (Lipinski definition) is 4. The Labute approximate surface area is 129 Å². The minimum absolute atomic E-state index is 0.183. The quantitative estimate of drug-likeness (QED) is 0.943. The molecule has 2 heterocycles. The van der Waals surface area contributed by atoms with E-state index in [0.29, 0.717) is 17.4 Å². The summed E-state index contributed by atoms with van der Waals surface area (Å²) in [5.74, 6) is 0.700. The Kier molecular flexibility index (Phi) is 4.48. The molecule has 1 atom stereocenters. The first-order chi connectivity index (χ1) is 10.3. The van der Waals surface area contributed by atoms with Crippen LogP contribution in [-0.4, -0.2) is 39.7 Å². The highest BCUT2D eigenvalue weighted by molar-refractivity contribution is 6.30. The highest BCUT2D eigenvalue weighted by Gasteiger charge is 2.26. The number of nitrogens with zero attached hydrogens (tertiary/aromatic N) is 3. The number of aliphatic hydroxyl groups is 1. The van der Waals surface area contributed by atoms with Gasteiger partial charge in [0.05, 0.1) is 18.3 Å². The smallest absolute Gasteiger partial charge is 0.159 e. The van der Waals surface area contributed by atoms with Crippen LogP contribution in [0.5, 0.6) is 0 Å². The van der Waals surface area contributed by atoms with Crippen molar-refractivity contribution in [3.63, 3.8) is 0 Å². The van der Waals surface area contributed by atoms with Crippen molar-refractivity contribution in [2.24, 2.45) is 0 Å². The van der Waals surface area contributed by atoms with Crippen LogP contribution in [0.1, 0.15) is 24.6 Å². The molecule has 2 aromatic rings. The Morgan fingerprint density at radius 3 is 3.05 bits per heavy atom. The number of rotatable bonds is 4. The zero-order chi connectivity index (χ0) is 14.7. The third-order valence-electron chi connectivity index (χ3n) is 3.85. The molecule has 21 heavy (non-hydrogen) atoms. The highest BCUT2D eigenvalue weighted by atomic mass is 35.5. The zero-order valence-electron chi connectivity index (χ0n) is 11.7. The van der Waals surface area contributed by atoms with E-state index in [0.717, 1.165) is 30.6 Å². The van der Waals surface area contributed by atoms with E-state index in [1.54, 1.807) is 6.20 Å². The van der Waals surface area contributed by atoms with E-state index in [-0.39, 0.29) is 12.6 Å². The van der Waals surface area contributed by atoms with Crippen LogP contribution in [0.4, 0.5) is 0 Å². The van der Waals surface area contributed by atoms with Crippen molar-refractivity contribution >= 4 is 11.6 Å². The zero-order valence-corrected chi connectivity index (χ0v) is 12.5. The van der Waals surface area contributed by atoms with Gasteiger partial charge in [0.1, 0.15) is 0 Å². The Morgan fingerprint density at radius 2 is 2.24 bits per heavy atom. The van der Waals surface area contributed by atoms with E-state index in [2.05, 4.69) is 9.88 Å². The average Bonchev–Trinajstić information content (AvgIpc) is 2.96. The standard InChI is InChI=1S/C16H18ClN3O/c17-13-4-1-3-12(11-13)16-18-7-6-14(19-16)15-5-2-8-20(15)9-10-21/h1,3-4,6-7,11,15,21H,2,5,8-10H2/t15-/m1/s1. The molecule has 1 saturated heterocycles. The first kappa shape index (κ1) is 14.4. The topological polar surface area (TPSA) is 49.2 Å². The second kappa shape index (κ2) is 6.52. The van der Waals surface area contributed by atoms with Crippen LogP contribution in [0, 0.1) is 0 Å². The number of aliphatic hydroxyl groups excluding tert-OH is 1. The normalized spacial score (nSPS) is 19.0. The van der Waals surface area contributed by atoms with E-state index in [9.17, 15) is 0 Å². The van der Waals surface area contributed by atoms with E-state index >= 15 is 0 Å². The van der Waals surface area contributed by atoms with Crippen LogP contribution in [0.15, 0.2) is 36.5 Å². The summed E-state index contributed by atoms with van der Waals surface area (Å²) >= 11 is 6.03. The van der Waals surface area contributed by atoms with Gasteiger partial charge in [-0.05, 0) is 37.6 Å². The minimum Gasteiger partial charge on any atom is -0.395 e. The molecule has 1 aliphatic rings. The molecule has 0 saturated carbocycles. The van der Waals surface area contributed by atoms with Gasteiger partial charge >= 0.3 is 0 Å². The minimum atomic E-state index is 0.183. The molecule has 5 heteroatoms. The number of β-amino-alcohol motifs (C(OH)–C–C–N with tert-alkyl or cyclic N) is 1. The predicted octanol–water partition coefficient (Wildman–Crippen LogP) is 2.93. The van der Waals surface area contributed by atoms with Gasteiger partial charge in [0.25, 0.3) is 0 Å². The number of halogens is 1. The molecule has 1 aromatic heterocycles. The summed E-state index contributed by atoms with van der Waals surface area (Å²) in [6.45, 7) is 1.89. The van der Waals surface area contributed by atoms with Crippen molar-refractivity contribution in [3.05, 3.63) is 47.2 Å². The summed E-state index contributed by atoms with van der Waals surface area (Å²) in [6.07, 6.45) is 4.02. The molecule has 0 amide bonds. The van der Waals surface area contributed by atoms with Crippen molar-refractivity contribution in [2.45, 2.75) is 18.9 Å². The van der Waals surface area contributed by atoms with Gasteiger partial charge in [0.2, 0.25) is 0 Å². The summed E-state index contributed by atoms with van der Waals surface area (Å²) in [7, 11) is 0. The molecular weight excluding hydrogens is 286 g/mol. The molecule has 0 bridgehead atoms. The number of benzene rings is 1. The van der Waals surface area contributed by atoms with Gasteiger partial charge in [-0.15, -0.1) is 0 Å². The van der Waals surface area contributed by atoms with Crippen LogP contribution in [0.3, 0.4) is 0 Å². The van der Waals surface area contributed by atoms with Gasteiger partial charge in [-0.3, -0.25) is 4.90 Å². The molecule has 1 aromatic carbocycles. The van der Waals surface area contributed by atoms with Crippen molar-refractivity contribution in [1.29, 1.82) is 0 Å². The summed E-state index contributed by atoms with van der Waals surface area (Å²) < 4.78 is 0. The predicted molar refractivity (Wildman–Crippen MR) is 83.1 cm³/mol. The molecule has 1 N–H and O–H groups in total. The summed E-state index contributed by atoms with van der Waals surface area (Å²) in [4.78, 5) is 11.3.